The predicted octanol–water partition coefficient (Wildman–Crippen LogP) is 9.71. The van der Waals surface area contributed by atoms with Gasteiger partial charge in [0.15, 0.2) is 0 Å². The Hall–Kier alpha value is -1.92. The average molecular weight is 617 g/mol. The maximum atomic E-state index is 12.7. The zero-order chi connectivity index (χ0) is 32.1. The van der Waals surface area contributed by atoms with E-state index in [-0.39, 0.29) is 11.1 Å². The molecule has 0 fully saturated rings. The van der Waals surface area contributed by atoms with Gasteiger partial charge in [-0.15, -0.1) is 0 Å². The van der Waals surface area contributed by atoms with E-state index < -0.39 is 11.9 Å². The number of esters is 2. The minimum absolute atomic E-state index is 0.286. The third-order valence-electron chi connectivity index (χ3n) is 8.49. The van der Waals surface area contributed by atoms with Crippen molar-refractivity contribution in [1.82, 2.24) is 9.80 Å². The Kier molecular flexibility index (Phi) is 26.0. The molecule has 0 aliphatic carbocycles. The third kappa shape index (κ3) is 21.7. The second-order valence-corrected chi connectivity index (χ2v) is 12.8. The lowest BCUT2D eigenvalue weighted by molar-refractivity contribution is 0.0448. The van der Waals surface area contributed by atoms with Crippen LogP contribution in [0.5, 0.6) is 0 Å². The summed E-state index contributed by atoms with van der Waals surface area (Å²) in [7, 11) is 4.34. The molecule has 1 aromatic carbocycles. The third-order valence-corrected chi connectivity index (χ3v) is 8.49. The lowest BCUT2D eigenvalue weighted by Crippen LogP contribution is -2.21. The first-order valence-electron chi connectivity index (χ1n) is 18.3. The molecule has 0 radical (unpaired) electrons. The molecule has 0 atom stereocenters. The summed E-state index contributed by atoms with van der Waals surface area (Å²) in [6.07, 6.45) is 25.0. The molecule has 44 heavy (non-hydrogen) atoms. The van der Waals surface area contributed by atoms with Crippen molar-refractivity contribution >= 4 is 11.9 Å². The second kappa shape index (κ2) is 28.5. The lowest BCUT2D eigenvalue weighted by atomic mass is 10.1. The Labute approximate surface area is 271 Å². The largest absolute Gasteiger partial charge is 0.462 e. The lowest BCUT2D eigenvalue weighted by Gasteiger charge is -2.16. The van der Waals surface area contributed by atoms with Gasteiger partial charge in [-0.25, -0.2) is 9.59 Å². The normalized spacial score (nSPS) is 11.4. The van der Waals surface area contributed by atoms with E-state index in [1.807, 2.05) is 0 Å². The van der Waals surface area contributed by atoms with Crippen molar-refractivity contribution in [2.24, 2.45) is 0 Å². The molecule has 6 nitrogen and oxygen atoms in total. The van der Waals surface area contributed by atoms with Crippen LogP contribution in [-0.4, -0.2) is 75.2 Å². The number of carbonyl (C=O) groups excluding carboxylic acids is 2. The molecular formula is C38H68N2O4. The number of ether oxygens (including phenoxy) is 2. The summed E-state index contributed by atoms with van der Waals surface area (Å²) < 4.78 is 11.0. The van der Waals surface area contributed by atoms with Crippen LogP contribution >= 0.6 is 0 Å². The second-order valence-electron chi connectivity index (χ2n) is 12.8. The van der Waals surface area contributed by atoms with Crippen molar-refractivity contribution in [2.75, 3.05) is 53.5 Å². The maximum Gasteiger partial charge on any atom is 0.339 e. The van der Waals surface area contributed by atoms with Gasteiger partial charge in [0, 0.05) is 0 Å². The van der Waals surface area contributed by atoms with E-state index in [9.17, 15) is 9.59 Å². The molecule has 1 aromatic rings. The molecule has 254 valence electrons. The molecule has 0 amide bonds. The van der Waals surface area contributed by atoms with Crippen LogP contribution in [0.1, 0.15) is 163 Å². The van der Waals surface area contributed by atoms with E-state index in [0.717, 1.165) is 51.9 Å². The SMILES string of the molecule is CCCCCCCCCCN(C)CCCCOC(=O)c1ccccc1C(=O)OCCCCN(C)CCCCCCCCCC. The molecule has 0 bridgehead atoms. The van der Waals surface area contributed by atoms with Gasteiger partial charge in [-0.3, -0.25) is 0 Å². The molecule has 0 aliphatic rings. The summed E-state index contributed by atoms with van der Waals surface area (Å²) in [6, 6.07) is 6.82. The highest BCUT2D eigenvalue weighted by Crippen LogP contribution is 2.14. The Morgan fingerprint density at radius 2 is 0.773 bits per heavy atom. The standard InChI is InChI=1S/C38H68N2O4/c1-5-7-9-11-13-15-17-21-29-39(3)31-23-25-33-43-37(41)35-27-19-20-28-36(35)38(42)44-34-26-24-32-40(4)30-22-18-16-14-12-10-8-6-2/h19-20,27-28H,5-18,21-26,29-34H2,1-4H3. The Balaban J connectivity index is 2.15. The minimum Gasteiger partial charge on any atom is -0.462 e. The van der Waals surface area contributed by atoms with E-state index in [0.29, 0.717) is 13.2 Å². The highest BCUT2D eigenvalue weighted by molar-refractivity contribution is 6.03. The smallest absolute Gasteiger partial charge is 0.339 e. The van der Waals surface area contributed by atoms with Crippen LogP contribution in [0.25, 0.3) is 0 Å². The van der Waals surface area contributed by atoms with Gasteiger partial charge in [0.1, 0.15) is 0 Å². The molecule has 1 rings (SSSR count). The van der Waals surface area contributed by atoms with Gasteiger partial charge in [0.05, 0.1) is 24.3 Å². The van der Waals surface area contributed by atoms with Crippen molar-refractivity contribution < 1.29 is 19.1 Å². The molecule has 0 heterocycles. The van der Waals surface area contributed by atoms with E-state index in [1.54, 1.807) is 24.3 Å². The topological polar surface area (TPSA) is 59.1 Å². The summed E-state index contributed by atoms with van der Waals surface area (Å²) in [5.41, 5.74) is 0.573. The highest BCUT2D eigenvalue weighted by Gasteiger charge is 2.19. The molecule has 0 spiro atoms. The zero-order valence-corrected chi connectivity index (χ0v) is 29.2. The predicted molar refractivity (Wildman–Crippen MR) is 186 cm³/mol. The maximum absolute atomic E-state index is 12.7. The van der Waals surface area contributed by atoms with Crippen LogP contribution in [0, 0.1) is 0 Å². The van der Waals surface area contributed by atoms with Gasteiger partial charge >= 0.3 is 11.9 Å². The number of hydrogen-bond donors (Lipinski definition) is 0. The first kappa shape index (κ1) is 40.1. The van der Waals surface area contributed by atoms with Crippen LogP contribution in [-0.2, 0) is 9.47 Å². The Bertz CT molecular complexity index is 764. The van der Waals surface area contributed by atoms with Crippen molar-refractivity contribution in [3.63, 3.8) is 0 Å². The number of hydrogen-bond acceptors (Lipinski definition) is 6. The van der Waals surface area contributed by atoms with E-state index in [2.05, 4.69) is 37.7 Å². The Morgan fingerprint density at radius 3 is 1.11 bits per heavy atom. The fraction of sp³-hybridized carbons (Fsp3) is 0.789. The summed E-state index contributed by atoms with van der Waals surface area (Å²) >= 11 is 0. The number of rotatable bonds is 30. The van der Waals surface area contributed by atoms with Crippen LogP contribution in [0.3, 0.4) is 0 Å². The Morgan fingerprint density at radius 1 is 0.477 bits per heavy atom. The van der Waals surface area contributed by atoms with Crippen LogP contribution in [0.2, 0.25) is 0 Å². The van der Waals surface area contributed by atoms with E-state index >= 15 is 0 Å². The van der Waals surface area contributed by atoms with Crippen LogP contribution in [0.4, 0.5) is 0 Å². The summed E-state index contributed by atoms with van der Waals surface area (Å²) in [6.45, 7) is 9.51. The number of unbranched alkanes of at least 4 members (excludes halogenated alkanes) is 16. The fourth-order valence-corrected chi connectivity index (χ4v) is 5.55. The highest BCUT2D eigenvalue weighted by atomic mass is 16.5. The number of carbonyl (C=O) groups is 2. The van der Waals surface area contributed by atoms with Crippen molar-refractivity contribution in [3.05, 3.63) is 35.4 Å². The quantitative estimate of drug-likeness (QED) is 0.0633. The first-order chi connectivity index (χ1) is 21.5. The molecule has 6 heteroatoms. The van der Waals surface area contributed by atoms with Crippen molar-refractivity contribution in [3.8, 4) is 0 Å². The van der Waals surface area contributed by atoms with Gasteiger partial charge in [0.25, 0.3) is 0 Å². The van der Waals surface area contributed by atoms with E-state index in [4.69, 9.17) is 9.47 Å². The minimum atomic E-state index is -0.451. The van der Waals surface area contributed by atoms with E-state index in [1.165, 1.54) is 103 Å². The van der Waals surface area contributed by atoms with Gasteiger partial charge in [-0.05, 0) is 90.9 Å². The monoisotopic (exact) mass is 617 g/mol. The van der Waals surface area contributed by atoms with Gasteiger partial charge < -0.3 is 19.3 Å². The molecule has 0 N–H and O–H groups in total. The molecule has 0 saturated carbocycles. The zero-order valence-electron chi connectivity index (χ0n) is 29.2. The van der Waals surface area contributed by atoms with Crippen molar-refractivity contribution in [1.29, 1.82) is 0 Å². The number of benzene rings is 1. The summed E-state index contributed by atoms with van der Waals surface area (Å²) in [4.78, 5) is 30.2. The van der Waals surface area contributed by atoms with Gasteiger partial charge in [-0.2, -0.15) is 0 Å². The first-order valence-corrected chi connectivity index (χ1v) is 18.3. The molecular weight excluding hydrogens is 548 g/mol. The molecule has 0 unspecified atom stereocenters. The molecule has 0 aromatic heterocycles. The van der Waals surface area contributed by atoms with Crippen LogP contribution < -0.4 is 0 Å². The average Bonchev–Trinajstić information content (AvgIpc) is 3.03. The van der Waals surface area contributed by atoms with Gasteiger partial charge in [-0.1, -0.05) is 116 Å². The van der Waals surface area contributed by atoms with Crippen molar-refractivity contribution in [2.45, 2.75) is 142 Å². The summed E-state index contributed by atoms with van der Waals surface area (Å²) in [5.74, 6) is -0.903. The summed E-state index contributed by atoms with van der Waals surface area (Å²) in [5, 5.41) is 0. The van der Waals surface area contributed by atoms with Gasteiger partial charge in [0.2, 0.25) is 0 Å². The van der Waals surface area contributed by atoms with Crippen LogP contribution in [0.15, 0.2) is 24.3 Å². The molecule has 0 saturated heterocycles. The number of nitrogens with zero attached hydrogens (tertiary/aromatic N) is 2. The fourth-order valence-electron chi connectivity index (χ4n) is 5.55. The molecule has 0 aliphatic heterocycles.